The third-order valence-corrected chi connectivity index (χ3v) is 2.65. The Labute approximate surface area is 96.7 Å². The maximum absolute atomic E-state index is 11.7. The zero-order valence-electron chi connectivity index (χ0n) is 10.1. The second-order valence-corrected chi connectivity index (χ2v) is 4.27. The Balaban J connectivity index is 2.74. The number of hydrogen-bond donors (Lipinski definition) is 0. The number of carbonyl (C=O) groups excluding carboxylic acids is 2. The van der Waals surface area contributed by atoms with Crippen LogP contribution >= 0.6 is 0 Å². The number of ketones is 2. The lowest BCUT2D eigenvalue weighted by molar-refractivity contribution is -0.117. The zero-order valence-corrected chi connectivity index (χ0v) is 10.1. The highest BCUT2D eigenvalue weighted by molar-refractivity contribution is 6.07. The van der Waals surface area contributed by atoms with Gasteiger partial charge in [0.2, 0.25) is 0 Å². The van der Waals surface area contributed by atoms with Crippen LogP contribution < -0.4 is 0 Å². The largest absolute Gasteiger partial charge is 0.299 e. The maximum Gasteiger partial charge on any atom is 0.170 e. The van der Waals surface area contributed by atoms with Crippen molar-refractivity contribution in [2.24, 2.45) is 0 Å². The summed E-state index contributed by atoms with van der Waals surface area (Å²) in [6, 6.07) is 7.52. The molecule has 0 amide bonds. The van der Waals surface area contributed by atoms with E-state index < -0.39 is 0 Å². The monoisotopic (exact) mass is 218 g/mol. The van der Waals surface area contributed by atoms with Crippen LogP contribution in [0.4, 0.5) is 0 Å². The fraction of sp³-hybridized carbons (Fsp3) is 0.429. The van der Waals surface area contributed by atoms with E-state index in [1.54, 1.807) is 19.1 Å². The first kappa shape index (κ1) is 12.6. The molecule has 0 bridgehead atoms. The molecule has 0 aliphatic heterocycles. The topological polar surface area (TPSA) is 34.1 Å². The number of benzene rings is 1. The molecule has 1 aromatic rings. The first-order valence-corrected chi connectivity index (χ1v) is 5.69. The summed E-state index contributed by atoms with van der Waals surface area (Å²) in [5.74, 6) is 0.376. The normalized spacial score (nSPS) is 10.5. The summed E-state index contributed by atoms with van der Waals surface area (Å²) in [5, 5.41) is 0. The van der Waals surface area contributed by atoms with E-state index in [0.717, 1.165) is 0 Å². The third-order valence-electron chi connectivity index (χ3n) is 2.65. The molecule has 0 radical (unpaired) electrons. The maximum atomic E-state index is 11.7. The summed E-state index contributed by atoms with van der Waals surface area (Å²) < 4.78 is 0. The van der Waals surface area contributed by atoms with Crippen molar-refractivity contribution in [3.8, 4) is 0 Å². The van der Waals surface area contributed by atoms with Crippen LogP contribution in [0.5, 0.6) is 0 Å². The zero-order chi connectivity index (χ0) is 12.1. The molecule has 2 heteroatoms. The molecule has 0 saturated carbocycles. The van der Waals surface area contributed by atoms with Crippen molar-refractivity contribution >= 4 is 11.6 Å². The van der Waals surface area contributed by atoms with Gasteiger partial charge in [-0.05, 0) is 11.5 Å². The van der Waals surface area contributed by atoms with Gasteiger partial charge in [-0.2, -0.15) is 0 Å². The molecule has 0 spiro atoms. The Kier molecular flexibility index (Phi) is 4.41. The summed E-state index contributed by atoms with van der Waals surface area (Å²) in [6.07, 6.45) is 0.452. The fourth-order valence-electron chi connectivity index (χ4n) is 1.46. The van der Waals surface area contributed by atoms with Gasteiger partial charge in [0, 0.05) is 12.0 Å². The van der Waals surface area contributed by atoms with Crippen LogP contribution in [0.25, 0.3) is 0 Å². The standard InChI is InChI=1S/C14H18O2/c1-4-13(15)9-14(16)12-7-5-11(6-8-12)10(2)3/h5-8,10H,4,9H2,1-3H3. The van der Waals surface area contributed by atoms with Gasteiger partial charge in [-0.3, -0.25) is 9.59 Å². The number of carbonyl (C=O) groups is 2. The highest BCUT2D eigenvalue weighted by atomic mass is 16.1. The highest BCUT2D eigenvalue weighted by Crippen LogP contribution is 2.15. The van der Waals surface area contributed by atoms with Crippen LogP contribution in [-0.2, 0) is 4.79 Å². The van der Waals surface area contributed by atoms with Gasteiger partial charge in [0.25, 0.3) is 0 Å². The van der Waals surface area contributed by atoms with Crippen LogP contribution in [0.1, 0.15) is 55.5 Å². The lowest BCUT2D eigenvalue weighted by Gasteiger charge is -2.05. The fourth-order valence-corrected chi connectivity index (χ4v) is 1.46. The van der Waals surface area contributed by atoms with Crippen LogP contribution in [-0.4, -0.2) is 11.6 Å². The van der Waals surface area contributed by atoms with E-state index in [2.05, 4.69) is 13.8 Å². The van der Waals surface area contributed by atoms with Gasteiger partial charge in [0.15, 0.2) is 5.78 Å². The van der Waals surface area contributed by atoms with Crippen molar-refractivity contribution in [1.82, 2.24) is 0 Å². The minimum Gasteiger partial charge on any atom is -0.299 e. The minimum atomic E-state index is -0.0813. The van der Waals surface area contributed by atoms with E-state index in [9.17, 15) is 9.59 Å². The lowest BCUT2D eigenvalue weighted by Crippen LogP contribution is -2.07. The summed E-state index contributed by atoms with van der Waals surface area (Å²) in [7, 11) is 0. The van der Waals surface area contributed by atoms with Crippen LogP contribution in [0.2, 0.25) is 0 Å². The Morgan fingerprint density at radius 1 is 1.12 bits per heavy atom. The summed E-state index contributed by atoms with van der Waals surface area (Å²) in [6.45, 7) is 5.99. The molecule has 0 aliphatic carbocycles. The molecule has 0 atom stereocenters. The molecule has 1 rings (SSSR count). The molecule has 0 heterocycles. The molecule has 16 heavy (non-hydrogen) atoms. The molecular formula is C14H18O2. The van der Waals surface area contributed by atoms with Gasteiger partial charge in [-0.25, -0.2) is 0 Å². The van der Waals surface area contributed by atoms with Gasteiger partial charge in [0.05, 0.1) is 6.42 Å². The van der Waals surface area contributed by atoms with E-state index in [1.165, 1.54) is 5.56 Å². The predicted molar refractivity (Wildman–Crippen MR) is 64.8 cm³/mol. The smallest absolute Gasteiger partial charge is 0.170 e. The van der Waals surface area contributed by atoms with E-state index in [4.69, 9.17) is 0 Å². The van der Waals surface area contributed by atoms with Crippen LogP contribution in [0.3, 0.4) is 0 Å². The first-order chi connectivity index (χ1) is 7.54. The quantitative estimate of drug-likeness (QED) is 0.561. The van der Waals surface area contributed by atoms with Gasteiger partial charge in [-0.15, -0.1) is 0 Å². The van der Waals surface area contributed by atoms with E-state index >= 15 is 0 Å². The van der Waals surface area contributed by atoms with Crippen LogP contribution in [0, 0.1) is 0 Å². The van der Waals surface area contributed by atoms with Crippen molar-refractivity contribution in [2.45, 2.75) is 39.5 Å². The molecule has 0 aliphatic rings. The van der Waals surface area contributed by atoms with Gasteiger partial charge in [0.1, 0.15) is 5.78 Å². The van der Waals surface area contributed by atoms with Crippen molar-refractivity contribution < 1.29 is 9.59 Å². The predicted octanol–water partition coefficient (Wildman–Crippen LogP) is 3.36. The van der Waals surface area contributed by atoms with Crippen LogP contribution in [0.15, 0.2) is 24.3 Å². The van der Waals surface area contributed by atoms with Crippen molar-refractivity contribution in [1.29, 1.82) is 0 Å². The van der Waals surface area contributed by atoms with Gasteiger partial charge < -0.3 is 0 Å². The molecule has 2 nitrogen and oxygen atoms in total. The number of hydrogen-bond acceptors (Lipinski definition) is 2. The molecule has 0 saturated heterocycles. The molecule has 0 aromatic heterocycles. The molecule has 86 valence electrons. The molecule has 0 fully saturated rings. The van der Waals surface area contributed by atoms with Crippen molar-refractivity contribution in [2.75, 3.05) is 0 Å². The Hall–Kier alpha value is -1.44. The average molecular weight is 218 g/mol. The van der Waals surface area contributed by atoms with Gasteiger partial charge in [-0.1, -0.05) is 45.0 Å². The summed E-state index contributed by atoms with van der Waals surface area (Å²) in [5.41, 5.74) is 1.84. The van der Waals surface area contributed by atoms with Crippen molar-refractivity contribution in [3.63, 3.8) is 0 Å². The Morgan fingerprint density at radius 3 is 2.12 bits per heavy atom. The second kappa shape index (κ2) is 5.59. The first-order valence-electron chi connectivity index (χ1n) is 5.69. The van der Waals surface area contributed by atoms with E-state index in [-0.39, 0.29) is 18.0 Å². The molecular weight excluding hydrogens is 200 g/mol. The third kappa shape index (κ3) is 3.30. The SMILES string of the molecule is CCC(=O)CC(=O)c1ccc(C(C)C)cc1. The molecule has 0 N–H and O–H groups in total. The summed E-state index contributed by atoms with van der Waals surface area (Å²) >= 11 is 0. The van der Waals surface area contributed by atoms with Crippen molar-refractivity contribution in [3.05, 3.63) is 35.4 Å². The molecule has 0 unspecified atom stereocenters. The van der Waals surface area contributed by atoms with E-state index in [0.29, 0.717) is 17.9 Å². The Morgan fingerprint density at radius 2 is 1.69 bits per heavy atom. The summed E-state index contributed by atoms with van der Waals surface area (Å²) in [4.78, 5) is 22.8. The number of rotatable bonds is 5. The Bertz CT molecular complexity index is 374. The number of Topliss-reactive ketones (excluding diaryl/α,β-unsaturated/α-hetero) is 2. The van der Waals surface area contributed by atoms with Gasteiger partial charge >= 0.3 is 0 Å². The lowest BCUT2D eigenvalue weighted by atomic mass is 9.99. The van der Waals surface area contributed by atoms with E-state index in [1.807, 2.05) is 12.1 Å². The highest BCUT2D eigenvalue weighted by Gasteiger charge is 2.10. The minimum absolute atomic E-state index is 0.00191. The molecule has 1 aromatic carbocycles. The second-order valence-electron chi connectivity index (χ2n) is 4.27. The average Bonchev–Trinajstić information content (AvgIpc) is 2.28.